The smallest absolute Gasteiger partial charge is 1.00 e. The fourth-order valence-electron chi connectivity index (χ4n) is 5.63. The van der Waals surface area contributed by atoms with Crippen molar-refractivity contribution in [3.05, 3.63) is 157 Å². The van der Waals surface area contributed by atoms with Gasteiger partial charge in [0.1, 0.15) is 0 Å². The number of halogens is 4. The number of allylic oxidation sites excluding steroid dienone is 4. The summed E-state index contributed by atoms with van der Waals surface area (Å²) in [4.78, 5) is 0. The molecule has 0 bridgehead atoms. The van der Waals surface area contributed by atoms with Gasteiger partial charge in [-0.15, -0.1) is 0 Å². The molecular weight excluding hydrogens is 653 g/mol. The van der Waals surface area contributed by atoms with Gasteiger partial charge in [-0.25, -0.2) is 0 Å². The van der Waals surface area contributed by atoms with Crippen molar-refractivity contribution in [1.82, 2.24) is 0 Å². The first-order valence-electron chi connectivity index (χ1n) is 12.7. The van der Waals surface area contributed by atoms with Crippen molar-refractivity contribution in [1.29, 1.82) is 0 Å². The molecule has 2 aliphatic carbocycles. The van der Waals surface area contributed by atoms with E-state index >= 15 is 0 Å². The maximum absolute atomic E-state index is 6.58. The molecule has 0 aliphatic heterocycles. The molecule has 4 aromatic carbocycles. The van der Waals surface area contributed by atoms with E-state index in [4.69, 9.17) is 23.2 Å². The Morgan fingerprint density at radius 1 is 0.750 bits per heavy atom. The summed E-state index contributed by atoms with van der Waals surface area (Å²) in [5.41, 5.74) is 10.2. The fourth-order valence-corrected chi connectivity index (χ4v) is 14.0. The summed E-state index contributed by atoms with van der Waals surface area (Å²) in [6.07, 6.45) is 12.7. The summed E-state index contributed by atoms with van der Waals surface area (Å²) < 4.78 is 4.45. The van der Waals surface area contributed by atoms with E-state index in [-0.39, 0.29) is 24.8 Å². The van der Waals surface area contributed by atoms with Crippen molar-refractivity contribution in [2.24, 2.45) is 0 Å². The molecule has 0 amide bonds. The minimum atomic E-state index is -2.79. The third-order valence-corrected chi connectivity index (χ3v) is 15.4. The Labute approximate surface area is 266 Å². The Morgan fingerprint density at radius 2 is 1.40 bits per heavy atom. The van der Waals surface area contributed by atoms with E-state index in [1.165, 1.54) is 39.9 Å². The molecule has 0 saturated heterocycles. The number of benzene rings is 4. The molecular formula is C35H26Cl4Zr. The summed E-state index contributed by atoms with van der Waals surface area (Å²) in [5, 5.41) is 1.50. The summed E-state index contributed by atoms with van der Waals surface area (Å²) in [5.74, 6) is 0. The summed E-state index contributed by atoms with van der Waals surface area (Å²) in [6, 6.07) is 28.1. The van der Waals surface area contributed by atoms with Crippen LogP contribution in [0.15, 0.2) is 114 Å². The predicted octanol–water partition coefficient (Wildman–Crippen LogP) is 3.21. The van der Waals surface area contributed by atoms with Crippen LogP contribution in [-0.4, -0.2) is 3.21 Å². The van der Waals surface area contributed by atoms with Crippen LogP contribution < -0.4 is 28.1 Å². The minimum Gasteiger partial charge on any atom is -1.00 e. The topological polar surface area (TPSA) is 0 Å². The van der Waals surface area contributed by atoms with Crippen molar-refractivity contribution < 1.29 is 46.1 Å². The van der Waals surface area contributed by atoms with E-state index in [1.54, 1.807) is 3.28 Å². The third-order valence-electron chi connectivity index (χ3n) is 7.37. The van der Waals surface area contributed by atoms with Crippen LogP contribution in [-0.2, 0) is 27.7 Å². The van der Waals surface area contributed by atoms with Crippen molar-refractivity contribution in [3.8, 4) is 11.1 Å². The second kappa shape index (κ2) is 13.2. The van der Waals surface area contributed by atoms with Crippen LogP contribution in [0.25, 0.3) is 23.3 Å². The van der Waals surface area contributed by atoms with E-state index < -0.39 is 21.3 Å². The van der Waals surface area contributed by atoms with Crippen LogP contribution >= 0.6 is 23.2 Å². The molecule has 0 aromatic heterocycles. The number of hydrogen-bond acceptors (Lipinski definition) is 0. The normalized spacial score (nSPS) is 12.2. The molecule has 5 heteroatoms. The van der Waals surface area contributed by atoms with Gasteiger partial charge in [0.25, 0.3) is 0 Å². The van der Waals surface area contributed by atoms with E-state index in [0.717, 1.165) is 34.0 Å². The molecule has 0 atom stereocenters. The first-order valence-corrected chi connectivity index (χ1v) is 17.2. The predicted molar refractivity (Wildman–Crippen MR) is 162 cm³/mol. The van der Waals surface area contributed by atoms with Gasteiger partial charge in [-0.05, 0) is 0 Å². The van der Waals surface area contributed by atoms with E-state index in [0.29, 0.717) is 0 Å². The average Bonchev–Trinajstić information content (AvgIpc) is 3.59. The number of rotatable bonds is 6. The fraction of sp³-hybridized carbons (Fsp3) is 0.0571. The van der Waals surface area contributed by atoms with Gasteiger partial charge in [0.15, 0.2) is 0 Å². The van der Waals surface area contributed by atoms with Crippen molar-refractivity contribution >= 4 is 41.8 Å². The monoisotopic (exact) mass is 676 g/mol. The van der Waals surface area contributed by atoms with Gasteiger partial charge in [0.05, 0.1) is 0 Å². The average molecular weight is 680 g/mol. The van der Waals surface area contributed by atoms with Crippen LogP contribution in [0.5, 0.6) is 0 Å². The molecule has 198 valence electrons. The maximum Gasteiger partial charge on any atom is -1.00 e. The number of fused-ring (bicyclic) bond motifs is 3. The molecule has 0 heterocycles. The van der Waals surface area contributed by atoms with Gasteiger partial charge in [-0.3, -0.25) is 0 Å². The zero-order chi connectivity index (χ0) is 26.2. The SMILES string of the molecule is C=Cc1ccc2c(c1)-c1cc(C=C)c[c]([Zr+2]([C]3=CC=CC3)=[C](c3cccc(Cl)c3)c3cccc(Cl)c3)c1C2.[Cl-].[Cl-]. The van der Waals surface area contributed by atoms with Crippen molar-refractivity contribution in [2.75, 3.05) is 0 Å². The molecule has 0 spiro atoms. The Balaban J connectivity index is 0.00000185. The van der Waals surface area contributed by atoms with Gasteiger partial charge in [-0.2, -0.15) is 0 Å². The van der Waals surface area contributed by atoms with E-state index in [9.17, 15) is 0 Å². The molecule has 0 radical (unpaired) electrons. The zero-order valence-corrected chi connectivity index (χ0v) is 27.2. The molecule has 0 unspecified atom stereocenters. The van der Waals surface area contributed by atoms with Gasteiger partial charge in [0, 0.05) is 0 Å². The standard InChI is InChI=1S/C17H13.C13H8Cl2.C5H5.2ClH.Zr/c1-3-12-5-7-14-11-15-8-6-13(4-2)10-17(15)16(14)9-12;14-12-5-1-3-10(8-12)7-11-4-2-6-13(15)9-11;1-2-4-5-3-1;;;/h3-7,9-10H,1-2,11H2;1-6,8-9H;1-3H,4H2;2*1H;/q;;;;;+2/p-2. The molecule has 2 aliphatic rings. The molecule has 6 rings (SSSR count). The Morgan fingerprint density at radius 3 is 1.98 bits per heavy atom. The first kappa shape index (κ1) is 30.7. The first-order chi connectivity index (χ1) is 18.6. The van der Waals surface area contributed by atoms with Crippen molar-refractivity contribution in [2.45, 2.75) is 12.8 Å². The molecule has 0 N–H and O–H groups in total. The molecule has 4 aromatic rings. The second-order valence-electron chi connectivity index (χ2n) is 9.69. The Kier molecular flexibility index (Phi) is 10.1. The Bertz CT molecular complexity index is 1680. The Hall–Kier alpha value is -2.25. The van der Waals surface area contributed by atoms with Crippen LogP contribution in [0.4, 0.5) is 0 Å². The summed E-state index contributed by atoms with van der Waals surface area (Å²) >= 11 is 10.4. The second-order valence-corrected chi connectivity index (χ2v) is 16.5. The molecule has 40 heavy (non-hydrogen) atoms. The number of hydrogen-bond donors (Lipinski definition) is 0. The van der Waals surface area contributed by atoms with Gasteiger partial charge < -0.3 is 24.8 Å². The maximum atomic E-state index is 6.58. The largest absolute Gasteiger partial charge is 1.00 e. The minimum absolute atomic E-state index is 0. The van der Waals surface area contributed by atoms with Crippen LogP contribution in [0.3, 0.4) is 0 Å². The molecule has 0 fully saturated rings. The van der Waals surface area contributed by atoms with Gasteiger partial charge >= 0.3 is 244 Å². The van der Waals surface area contributed by atoms with E-state index in [2.05, 4.69) is 98.1 Å². The van der Waals surface area contributed by atoms with Crippen LogP contribution in [0.1, 0.15) is 39.8 Å². The third kappa shape index (κ3) is 5.87. The van der Waals surface area contributed by atoms with Gasteiger partial charge in [0.2, 0.25) is 0 Å². The van der Waals surface area contributed by atoms with Gasteiger partial charge in [-0.1, -0.05) is 0 Å². The zero-order valence-electron chi connectivity index (χ0n) is 21.7. The van der Waals surface area contributed by atoms with Crippen LogP contribution in [0.2, 0.25) is 10.0 Å². The summed E-state index contributed by atoms with van der Waals surface area (Å²) in [6.45, 7) is 8.17. The molecule has 0 nitrogen and oxygen atoms in total. The molecule has 0 saturated carbocycles. The van der Waals surface area contributed by atoms with Crippen molar-refractivity contribution in [3.63, 3.8) is 0 Å². The van der Waals surface area contributed by atoms with E-state index in [1.807, 2.05) is 24.3 Å². The summed E-state index contributed by atoms with van der Waals surface area (Å²) in [7, 11) is 0. The van der Waals surface area contributed by atoms with Crippen LogP contribution in [0, 0.1) is 0 Å². The quantitative estimate of drug-likeness (QED) is 0.259.